The predicted octanol–water partition coefficient (Wildman–Crippen LogP) is 2.57. The third-order valence-electron chi connectivity index (χ3n) is 6.82. The topological polar surface area (TPSA) is 182 Å². The summed E-state index contributed by atoms with van der Waals surface area (Å²) in [5.41, 5.74) is 0.341. The highest BCUT2D eigenvalue weighted by molar-refractivity contribution is 8.00. The fraction of sp³-hybridized carbons (Fsp3) is 0.385. The van der Waals surface area contributed by atoms with Crippen LogP contribution < -0.4 is 10.6 Å². The Morgan fingerprint density at radius 2 is 1.98 bits per heavy atom. The van der Waals surface area contributed by atoms with Gasteiger partial charge in [-0.3, -0.25) is 24.5 Å². The Morgan fingerprint density at radius 1 is 1.21 bits per heavy atom. The number of amides is 3. The number of hydrogen-bond donors (Lipinski definition) is 2. The molecule has 1 saturated carbocycles. The van der Waals surface area contributed by atoms with Gasteiger partial charge in [-0.05, 0) is 37.8 Å². The molecule has 1 aliphatic carbocycles. The molecule has 220 valence electrons. The lowest BCUT2D eigenvalue weighted by atomic mass is 9.98. The lowest BCUT2D eigenvalue weighted by molar-refractivity contribution is -0.575. The molecule has 2 fully saturated rings. The van der Waals surface area contributed by atoms with Gasteiger partial charge in [0.25, 0.3) is 11.8 Å². The normalized spacial score (nSPS) is 21.2. The lowest BCUT2D eigenvalue weighted by Gasteiger charge is -2.47. The van der Waals surface area contributed by atoms with E-state index in [4.69, 9.17) is 9.57 Å². The Bertz CT molecular complexity index is 1420. The molecule has 3 aliphatic rings. The Balaban J connectivity index is 1.25. The van der Waals surface area contributed by atoms with Gasteiger partial charge in [0.15, 0.2) is 10.8 Å². The number of nitro groups is 1. The van der Waals surface area contributed by atoms with Gasteiger partial charge in [-0.1, -0.05) is 29.8 Å². The molecule has 1 aromatic carbocycles. The van der Waals surface area contributed by atoms with E-state index >= 15 is 0 Å². The number of thiazole rings is 1. The summed E-state index contributed by atoms with van der Waals surface area (Å²) in [6, 6.07) is 6.93. The van der Waals surface area contributed by atoms with Crippen LogP contribution in [0.3, 0.4) is 0 Å². The Labute approximate surface area is 247 Å². The number of oxime groups is 1. The second kappa shape index (κ2) is 13.1. The number of anilines is 1. The van der Waals surface area contributed by atoms with Crippen LogP contribution in [0.2, 0.25) is 0 Å². The van der Waals surface area contributed by atoms with Gasteiger partial charge >= 0.3 is 12.2 Å². The van der Waals surface area contributed by atoms with E-state index in [1.807, 2.05) is 0 Å². The number of fused-ring (bicyclic) bond motifs is 1. The number of carbonyl (C=O) groups is 4. The van der Waals surface area contributed by atoms with Crippen LogP contribution in [0.4, 0.5) is 5.13 Å². The minimum atomic E-state index is -1.69. The van der Waals surface area contributed by atoms with Crippen molar-refractivity contribution >= 4 is 58.1 Å². The lowest BCUT2D eigenvalue weighted by Crippen LogP contribution is -2.69. The SMILES string of the molecule is O=CNc1nc(C(=NOC2CCCCC2)C(=O)NC2C(=O)N3C=C(C(=O)OC(c4ccccc4)[N+](=O)[O-])CS[C@H]23)cs1. The van der Waals surface area contributed by atoms with E-state index < -0.39 is 40.4 Å². The third kappa shape index (κ3) is 6.44. The minimum absolute atomic E-state index is 0.0815. The van der Waals surface area contributed by atoms with E-state index in [0.717, 1.165) is 43.4 Å². The van der Waals surface area contributed by atoms with Crippen molar-refractivity contribution in [2.24, 2.45) is 5.16 Å². The summed E-state index contributed by atoms with van der Waals surface area (Å²) in [6.45, 7) is 0. The Kier molecular flexibility index (Phi) is 9.12. The van der Waals surface area contributed by atoms with Gasteiger partial charge < -0.3 is 25.1 Å². The van der Waals surface area contributed by atoms with Gasteiger partial charge in [0.2, 0.25) is 6.41 Å². The summed E-state index contributed by atoms with van der Waals surface area (Å²) in [4.78, 5) is 71.8. The molecule has 2 unspecified atom stereocenters. The Hall–Kier alpha value is -4.31. The molecule has 14 nitrogen and oxygen atoms in total. The molecule has 1 saturated heterocycles. The van der Waals surface area contributed by atoms with Crippen molar-refractivity contribution in [3.8, 4) is 0 Å². The number of aromatic nitrogens is 1. The van der Waals surface area contributed by atoms with Crippen LogP contribution in [-0.4, -0.2) is 68.0 Å². The summed E-state index contributed by atoms with van der Waals surface area (Å²) < 4.78 is 5.16. The summed E-state index contributed by atoms with van der Waals surface area (Å²) in [5, 5.41) is 22.1. The molecule has 2 aromatic rings. The number of carbonyl (C=O) groups excluding carboxylic acids is 4. The third-order valence-corrected chi connectivity index (χ3v) is 8.91. The van der Waals surface area contributed by atoms with Gasteiger partial charge in [-0.25, -0.2) is 9.78 Å². The van der Waals surface area contributed by atoms with Crippen LogP contribution in [-0.2, 0) is 28.8 Å². The summed E-state index contributed by atoms with van der Waals surface area (Å²) >= 11 is 2.31. The second-order valence-electron chi connectivity index (χ2n) is 9.61. The molecule has 3 heterocycles. The zero-order valence-electron chi connectivity index (χ0n) is 22.0. The number of nitrogens with one attached hydrogen (secondary N) is 2. The second-order valence-corrected chi connectivity index (χ2v) is 11.6. The molecule has 5 rings (SSSR count). The molecule has 2 aliphatic heterocycles. The van der Waals surface area contributed by atoms with Crippen molar-refractivity contribution in [1.82, 2.24) is 15.2 Å². The number of nitrogens with zero attached hydrogens (tertiary/aromatic N) is 4. The van der Waals surface area contributed by atoms with Crippen LogP contribution in [0.5, 0.6) is 0 Å². The summed E-state index contributed by atoms with van der Waals surface area (Å²) in [7, 11) is 0. The first-order valence-corrected chi connectivity index (χ1v) is 15.0. The van der Waals surface area contributed by atoms with E-state index in [9.17, 15) is 29.3 Å². The fourth-order valence-corrected chi connectivity index (χ4v) is 6.56. The highest BCUT2D eigenvalue weighted by Crippen LogP contribution is 2.37. The van der Waals surface area contributed by atoms with Crippen LogP contribution in [0, 0.1) is 10.1 Å². The first kappa shape index (κ1) is 29.2. The van der Waals surface area contributed by atoms with Gasteiger partial charge in [-0.15, -0.1) is 23.1 Å². The molecule has 0 bridgehead atoms. The number of esters is 1. The minimum Gasteiger partial charge on any atom is -0.392 e. The number of hydrogen-bond acceptors (Lipinski definition) is 12. The van der Waals surface area contributed by atoms with Gasteiger partial charge in [-0.2, -0.15) is 0 Å². The zero-order chi connectivity index (χ0) is 29.6. The average molecular weight is 615 g/mol. The first-order chi connectivity index (χ1) is 20.4. The van der Waals surface area contributed by atoms with Crippen LogP contribution >= 0.6 is 23.1 Å². The average Bonchev–Trinajstić information content (AvgIpc) is 3.47. The molecular formula is C26H26N6O8S2. The van der Waals surface area contributed by atoms with Crippen LogP contribution in [0.1, 0.15) is 49.6 Å². The largest absolute Gasteiger partial charge is 0.392 e. The van der Waals surface area contributed by atoms with Gasteiger partial charge in [0.05, 0.1) is 16.1 Å². The van der Waals surface area contributed by atoms with Gasteiger partial charge in [0.1, 0.15) is 23.2 Å². The number of thioether (sulfide) groups is 1. The van der Waals surface area contributed by atoms with Crippen molar-refractivity contribution in [2.45, 2.75) is 55.9 Å². The fourth-order valence-electron chi connectivity index (χ4n) is 4.66. The van der Waals surface area contributed by atoms with Gasteiger partial charge in [0, 0.05) is 17.3 Å². The monoisotopic (exact) mass is 614 g/mol. The maximum atomic E-state index is 13.3. The first-order valence-electron chi connectivity index (χ1n) is 13.1. The van der Waals surface area contributed by atoms with Crippen molar-refractivity contribution in [3.05, 3.63) is 68.9 Å². The maximum Gasteiger partial charge on any atom is 0.383 e. The van der Waals surface area contributed by atoms with E-state index in [1.54, 1.807) is 23.6 Å². The summed E-state index contributed by atoms with van der Waals surface area (Å²) in [6.07, 6.45) is 4.68. The molecule has 42 heavy (non-hydrogen) atoms. The molecule has 0 spiro atoms. The van der Waals surface area contributed by atoms with Crippen LogP contribution in [0.25, 0.3) is 0 Å². The molecule has 3 atom stereocenters. The van der Waals surface area contributed by atoms with Crippen molar-refractivity contribution in [3.63, 3.8) is 0 Å². The molecular weight excluding hydrogens is 588 g/mol. The summed E-state index contributed by atoms with van der Waals surface area (Å²) in [5.74, 6) is -1.96. The van der Waals surface area contributed by atoms with Crippen molar-refractivity contribution < 1.29 is 33.7 Å². The molecule has 1 aromatic heterocycles. The standard InChI is InChI=1S/C26H26N6O8S2/c33-14-27-26-28-18(13-42-26)19(30-40-17-9-5-2-6-10-17)21(34)29-20-22(35)31-11-16(12-41-24(20)31)25(36)39-23(32(37)38)15-7-3-1-4-8-15/h1,3-4,7-8,11,13-14,17,20,23-24H,2,5-6,9-10,12H2,(H,29,34)(H,27,28,33)/t20?,23?,24-/m1/s1. The zero-order valence-corrected chi connectivity index (χ0v) is 23.7. The number of benzene rings is 1. The number of β-lactam (4-membered cyclic amide) rings is 1. The van der Waals surface area contributed by atoms with E-state index in [-0.39, 0.29) is 39.5 Å². The van der Waals surface area contributed by atoms with Crippen molar-refractivity contribution in [1.29, 1.82) is 0 Å². The highest BCUT2D eigenvalue weighted by atomic mass is 32.2. The number of rotatable bonds is 11. The highest BCUT2D eigenvalue weighted by Gasteiger charge is 2.50. The van der Waals surface area contributed by atoms with Crippen LogP contribution in [0.15, 0.2) is 52.6 Å². The van der Waals surface area contributed by atoms with E-state index in [0.29, 0.717) is 6.41 Å². The maximum absolute atomic E-state index is 13.3. The molecule has 16 heteroatoms. The number of ether oxygens (including phenoxy) is 1. The molecule has 3 amide bonds. The quantitative estimate of drug-likeness (QED) is 0.0726. The Morgan fingerprint density at radius 3 is 2.69 bits per heavy atom. The molecule has 0 radical (unpaired) electrons. The smallest absolute Gasteiger partial charge is 0.383 e. The van der Waals surface area contributed by atoms with E-state index in [1.165, 1.54) is 35.0 Å². The predicted molar refractivity (Wildman–Crippen MR) is 152 cm³/mol. The van der Waals surface area contributed by atoms with Crippen molar-refractivity contribution in [2.75, 3.05) is 11.1 Å². The molecule has 2 N–H and O–H groups in total. The van der Waals surface area contributed by atoms with E-state index in [2.05, 4.69) is 20.8 Å².